The largest absolute Gasteiger partial charge is 0.487 e. The van der Waals surface area contributed by atoms with E-state index in [9.17, 15) is 0 Å². The van der Waals surface area contributed by atoms with Crippen LogP contribution in [0.5, 0.6) is 5.75 Å². The van der Waals surface area contributed by atoms with E-state index in [4.69, 9.17) is 27.9 Å². The Hall–Kier alpha value is -1.69. The number of aryl methyl sites for hydroxylation is 3. The van der Waals surface area contributed by atoms with Gasteiger partial charge in [-0.15, -0.1) is 0 Å². The Morgan fingerprint density at radius 1 is 1.12 bits per heavy atom. The van der Waals surface area contributed by atoms with Crippen molar-refractivity contribution in [2.24, 2.45) is 0 Å². The molecule has 0 N–H and O–H groups in total. The smallest absolute Gasteiger partial charge is 0.138 e. The first kappa shape index (κ1) is 19.1. The molecule has 0 spiro atoms. The summed E-state index contributed by atoms with van der Waals surface area (Å²) in [5.41, 5.74) is 2.96. The van der Waals surface area contributed by atoms with Crippen LogP contribution >= 0.6 is 35.0 Å². The van der Waals surface area contributed by atoms with Gasteiger partial charge in [0, 0.05) is 32.7 Å². The van der Waals surface area contributed by atoms with Gasteiger partial charge >= 0.3 is 0 Å². The van der Waals surface area contributed by atoms with E-state index in [2.05, 4.69) is 17.0 Å². The van der Waals surface area contributed by atoms with Gasteiger partial charge in [0.15, 0.2) is 0 Å². The highest BCUT2D eigenvalue weighted by Gasteiger charge is 2.17. The molecule has 0 radical (unpaired) electrons. The van der Waals surface area contributed by atoms with Crippen LogP contribution in [0.4, 0.5) is 0 Å². The highest BCUT2D eigenvalue weighted by molar-refractivity contribution is 7.99. The standard InChI is InChI=1S/C19H19Cl2N3OS/c1-4-24-19(26-17-8-14(20)7-15(21)9-17)18(13(3)23-24)11-25-16-6-5-12(2)22-10-16/h5-10H,4,11H2,1-3H3. The molecule has 0 fully saturated rings. The Labute approximate surface area is 167 Å². The number of hydrogen-bond donors (Lipinski definition) is 0. The lowest BCUT2D eigenvalue weighted by Crippen LogP contribution is -2.01. The van der Waals surface area contributed by atoms with Gasteiger partial charge in [-0.3, -0.25) is 9.67 Å². The molecule has 7 heteroatoms. The molecule has 26 heavy (non-hydrogen) atoms. The molecule has 136 valence electrons. The van der Waals surface area contributed by atoms with Crippen LogP contribution in [0.25, 0.3) is 0 Å². The molecule has 2 heterocycles. The van der Waals surface area contributed by atoms with Gasteiger partial charge in [0.25, 0.3) is 0 Å². The Kier molecular flexibility index (Phi) is 6.12. The van der Waals surface area contributed by atoms with Crippen LogP contribution in [-0.4, -0.2) is 14.8 Å². The van der Waals surface area contributed by atoms with Crippen LogP contribution in [0.2, 0.25) is 10.0 Å². The molecule has 0 aliphatic heterocycles. The van der Waals surface area contributed by atoms with Crippen molar-refractivity contribution in [2.75, 3.05) is 0 Å². The summed E-state index contributed by atoms with van der Waals surface area (Å²) in [5, 5.41) is 6.89. The summed E-state index contributed by atoms with van der Waals surface area (Å²) >= 11 is 13.9. The quantitative estimate of drug-likeness (QED) is 0.505. The second-order valence-corrected chi connectivity index (χ2v) is 7.75. The van der Waals surface area contributed by atoms with E-state index in [-0.39, 0.29) is 0 Å². The number of hydrogen-bond acceptors (Lipinski definition) is 4. The van der Waals surface area contributed by atoms with Crippen molar-refractivity contribution < 1.29 is 4.74 Å². The topological polar surface area (TPSA) is 39.9 Å². The molecule has 0 aliphatic rings. The van der Waals surface area contributed by atoms with E-state index in [0.717, 1.165) is 39.2 Å². The summed E-state index contributed by atoms with van der Waals surface area (Å²) in [4.78, 5) is 5.23. The molecule has 0 atom stereocenters. The number of benzene rings is 1. The number of nitrogens with zero attached hydrogens (tertiary/aromatic N) is 3. The van der Waals surface area contributed by atoms with Crippen LogP contribution in [-0.2, 0) is 13.2 Å². The Morgan fingerprint density at radius 2 is 1.85 bits per heavy atom. The lowest BCUT2D eigenvalue weighted by molar-refractivity contribution is 0.300. The maximum absolute atomic E-state index is 6.14. The van der Waals surface area contributed by atoms with Crippen LogP contribution in [0.3, 0.4) is 0 Å². The summed E-state index contributed by atoms with van der Waals surface area (Å²) in [6.45, 7) is 7.20. The summed E-state index contributed by atoms with van der Waals surface area (Å²) < 4.78 is 7.90. The van der Waals surface area contributed by atoms with E-state index >= 15 is 0 Å². The van der Waals surface area contributed by atoms with Gasteiger partial charge in [0.2, 0.25) is 0 Å². The van der Waals surface area contributed by atoms with Crippen molar-refractivity contribution in [3.05, 3.63) is 63.5 Å². The third-order valence-corrected chi connectivity index (χ3v) is 5.38. The first-order valence-electron chi connectivity index (χ1n) is 8.22. The molecule has 0 unspecified atom stereocenters. The number of halogens is 2. The SMILES string of the molecule is CCn1nc(C)c(COc2ccc(C)nc2)c1Sc1cc(Cl)cc(Cl)c1. The molecule has 4 nitrogen and oxygen atoms in total. The first-order chi connectivity index (χ1) is 12.5. The van der Waals surface area contributed by atoms with Crippen LogP contribution in [0.1, 0.15) is 23.9 Å². The van der Waals surface area contributed by atoms with E-state index in [0.29, 0.717) is 16.7 Å². The fourth-order valence-corrected chi connectivity index (χ4v) is 4.34. The Morgan fingerprint density at radius 3 is 2.46 bits per heavy atom. The minimum atomic E-state index is 0.424. The average molecular weight is 408 g/mol. The molecule has 3 rings (SSSR count). The first-order valence-corrected chi connectivity index (χ1v) is 9.79. The molecule has 1 aromatic carbocycles. The van der Waals surface area contributed by atoms with Gasteiger partial charge in [-0.1, -0.05) is 35.0 Å². The second-order valence-electron chi connectivity index (χ2n) is 5.82. The lowest BCUT2D eigenvalue weighted by atomic mass is 10.3. The van der Waals surface area contributed by atoms with E-state index in [1.807, 2.05) is 42.8 Å². The summed E-state index contributed by atoms with van der Waals surface area (Å²) in [6.07, 6.45) is 1.73. The second kappa shape index (κ2) is 8.33. The van der Waals surface area contributed by atoms with Crippen LogP contribution in [0, 0.1) is 13.8 Å². The maximum Gasteiger partial charge on any atom is 0.138 e. The van der Waals surface area contributed by atoms with Gasteiger partial charge in [0.1, 0.15) is 17.4 Å². The number of pyridine rings is 1. The minimum Gasteiger partial charge on any atom is -0.487 e. The van der Waals surface area contributed by atoms with Gasteiger partial charge in [0.05, 0.1) is 11.9 Å². The monoisotopic (exact) mass is 407 g/mol. The molecule has 0 amide bonds. The molecule has 0 aliphatic carbocycles. The average Bonchev–Trinajstić information content (AvgIpc) is 2.88. The third-order valence-electron chi connectivity index (χ3n) is 3.82. The lowest BCUT2D eigenvalue weighted by Gasteiger charge is -2.10. The van der Waals surface area contributed by atoms with Crippen molar-refractivity contribution in [2.45, 2.75) is 43.8 Å². The summed E-state index contributed by atoms with van der Waals surface area (Å²) in [6, 6.07) is 9.38. The Bertz CT molecular complexity index is 890. The Balaban J connectivity index is 1.87. The number of rotatable bonds is 6. The zero-order chi connectivity index (χ0) is 18.7. The summed E-state index contributed by atoms with van der Waals surface area (Å²) in [5.74, 6) is 0.737. The van der Waals surface area contributed by atoms with Gasteiger partial charge < -0.3 is 4.74 Å². The van der Waals surface area contributed by atoms with Crippen molar-refractivity contribution in [3.63, 3.8) is 0 Å². The fraction of sp³-hybridized carbons (Fsp3) is 0.263. The molecule has 3 aromatic rings. The molecule has 0 saturated carbocycles. The van der Waals surface area contributed by atoms with Crippen molar-refractivity contribution in [1.29, 1.82) is 0 Å². The maximum atomic E-state index is 6.14. The van der Waals surface area contributed by atoms with Gasteiger partial charge in [-0.2, -0.15) is 5.10 Å². The fourth-order valence-electron chi connectivity index (χ4n) is 2.49. The van der Waals surface area contributed by atoms with Gasteiger partial charge in [-0.05, 0) is 51.1 Å². The van der Waals surface area contributed by atoms with Crippen molar-refractivity contribution >= 4 is 35.0 Å². The van der Waals surface area contributed by atoms with E-state index in [1.165, 1.54) is 0 Å². The van der Waals surface area contributed by atoms with Crippen molar-refractivity contribution in [3.8, 4) is 5.75 Å². The molecular weight excluding hydrogens is 389 g/mol. The molecule has 0 bridgehead atoms. The predicted molar refractivity (Wildman–Crippen MR) is 107 cm³/mol. The number of aromatic nitrogens is 3. The van der Waals surface area contributed by atoms with E-state index in [1.54, 1.807) is 24.0 Å². The van der Waals surface area contributed by atoms with Crippen LogP contribution < -0.4 is 4.74 Å². The van der Waals surface area contributed by atoms with Gasteiger partial charge in [-0.25, -0.2) is 0 Å². The molecule has 0 saturated heterocycles. The van der Waals surface area contributed by atoms with Crippen molar-refractivity contribution in [1.82, 2.24) is 14.8 Å². The number of ether oxygens (including phenoxy) is 1. The molecule has 2 aromatic heterocycles. The summed E-state index contributed by atoms with van der Waals surface area (Å²) in [7, 11) is 0. The van der Waals surface area contributed by atoms with Crippen LogP contribution in [0.15, 0.2) is 46.5 Å². The zero-order valence-electron chi connectivity index (χ0n) is 14.8. The highest BCUT2D eigenvalue weighted by Crippen LogP contribution is 2.35. The molecular formula is C19H19Cl2N3OS. The highest BCUT2D eigenvalue weighted by atomic mass is 35.5. The third kappa shape index (κ3) is 4.53. The normalized spacial score (nSPS) is 11.0. The van der Waals surface area contributed by atoms with E-state index < -0.39 is 0 Å². The predicted octanol–water partition coefficient (Wildman–Crippen LogP) is 5.95. The minimum absolute atomic E-state index is 0.424. The zero-order valence-corrected chi connectivity index (χ0v) is 17.1.